The van der Waals surface area contributed by atoms with E-state index in [0.29, 0.717) is 18.9 Å². The van der Waals surface area contributed by atoms with Crippen molar-refractivity contribution in [3.8, 4) is 0 Å². The number of amides is 3. The topological polar surface area (TPSA) is 98.0 Å². The molecule has 3 amide bonds. The van der Waals surface area contributed by atoms with Crippen LogP contribution in [0, 0.1) is 6.92 Å². The fraction of sp³-hybridized carbons (Fsp3) is 0.812. The zero-order valence-corrected chi connectivity index (χ0v) is 29.0. The highest BCUT2D eigenvalue weighted by Crippen LogP contribution is 2.18. The van der Waals surface area contributed by atoms with Gasteiger partial charge in [-0.05, 0) is 13.3 Å². The molecule has 250 valence electrons. The van der Waals surface area contributed by atoms with Gasteiger partial charge in [-0.2, -0.15) is 4.79 Å². The van der Waals surface area contributed by atoms with Crippen LogP contribution < -0.4 is 27.2 Å². The van der Waals surface area contributed by atoms with Crippen molar-refractivity contribution < 1.29 is 45.6 Å². The normalized spacial score (nSPS) is 11.5. The van der Waals surface area contributed by atoms with E-state index in [9.17, 15) is 14.4 Å². The summed E-state index contributed by atoms with van der Waals surface area (Å²) in [4.78, 5) is 38.0. The number of methoxy groups -OCH3 is 1. The highest BCUT2D eigenvalue weighted by atomic mass is 35.5. The molecule has 1 atom stereocenters. The minimum atomic E-state index is -0.794. The summed E-state index contributed by atoms with van der Waals surface area (Å²) in [5, 5.41) is 5.49. The van der Waals surface area contributed by atoms with Crippen LogP contribution in [0.15, 0.2) is 5.38 Å². The van der Waals surface area contributed by atoms with Gasteiger partial charge in [0.2, 0.25) is 0 Å². The molecule has 0 bridgehead atoms. The molecule has 1 unspecified atom stereocenters. The number of nitrogens with zero attached hydrogens (tertiary/aromatic N) is 2. The van der Waals surface area contributed by atoms with Gasteiger partial charge in [-0.3, -0.25) is 0 Å². The van der Waals surface area contributed by atoms with Crippen LogP contribution in [0.25, 0.3) is 0 Å². The third-order valence-electron chi connectivity index (χ3n) is 7.46. The molecule has 43 heavy (non-hydrogen) atoms. The van der Waals surface area contributed by atoms with Crippen LogP contribution in [0.3, 0.4) is 0 Å². The number of halogens is 1. The van der Waals surface area contributed by atoms with E-state index < -0.39 is 24.2 Å². The summed E-state index contributed by atoms with van der Waals surface area (Å²) in [7, 11) is 1.45. The second kappa shape index (κ2) is 26.5. The van der Waals surface area contributed by atoms with E-state index in [1.165, 1.54) is 115 Å². The van der Waals surface area contributed by atoms with E-state index in [1.54, 1.807) is 5.38 Å². The van der Waals surface area contributed by atoms with Crippen LogP contribution in [0.5, 0.6) is 0 Å². The molecular weight excluding hydrogens is 590 g/mol. The summed E-state index contributed by atoms with van der Waals surface area (Å²) in [6.45, 7) is 8.41. The molecule has 0 aliphatic carbocycles. The lowest BCUT2D eigenvalue weighted by Crippen LogP contribution is -3.00. The Morgan fingerprint density at radius 2 is 1.33 bits per heavy atom. The Morgan fingerprint density at radius 1 is 0.837 bits per heavy atom. The number of carbonyl (C=O) groups excluding carboxylic acids is 3. The zero-order chi connectivity index (χ0) is 31.0. The van der Waals surface area contributed by atoms with Gasteiger partial charge in [0, 0.05) is 27.5 Å². The second-order valence-electron chi connectivity index (χ2n) is 11.0. The smallest absolute Gasteiger partial charge is 0.515 e. The number of imide groups is 1. The van der Waals surface area contributed by atoms with Crippen molar-refractivity contribution in [1.82, 2.24) is 5.32 Å². The number of anilines is 1. The molecule has 0 saturated heterocycles. The summed E-state index contributed by atoms with van der Waals surface area (Å²) in [6, 6.07) is 0. The van der Waals surface area contributed by atoms with E-state index in [-0.39, 0.29) is 25.6 Å². The fourth-order valence-electron chi connectivity index (χ4n) is 4.86. The van der Waals surface area contributed by atoms with E-state index in [1.807, 2.05) is 18.4 Å². The molecule has 0 radical (unpaired) electrons. The number of aromatic nitrogens is 1. The van der Waals surface area contributed by atoms with E-state index in [2.05, 4.69) is 12.2 Å². The number of nitrogens with one attached hydrogen (secondary N) is 1. The minimum Gasteiger partial charge on any atom is -1.00 e. The van der Waals surface area contributed by atoms with Crippen molar-refractivity contribution in [2.75, 3.05) is 31.8 Å². The molecule has 0 aliphatic rings. The standard InChI is InChI=1S/C32H57N3O6S.ClH/c1-6-8-9-10-11-12-13-14-15-16-17-18-19-20-21-22-23-33-31(37)40-24-29(39-5)25-41-32(38)35(27(3)36)30-26-42-28(4)34(30)7-2;/h26,29H,6-25H2,1-5H3;1H. The highest BCUT2D eigenvalue weighted by molar-refractivity contribution is 7.09. The average molecular weight is 648 g/mol. The minimum absolute atomic E-state index is 0. The van der Waals surface area contributed by atoms with E-state index >= 15 is 0 Å². The Balaban J connectivity index is 0.0000176. The van der Waals surface area contributed by atoms with Crippen LogP contribution in [0.1, 0.15) is 129 Å². The summed E-state index contributed by atoms with van der Waals surface area (Å²) < 4.78 is 17.7. The SMILES string of the molecule is CCCCCCCCCCCCCCCCCCNC(=O)OCC(COC(=O)N(C(C)=O)c1csc(C)[n+]1CC)OC.[Cl-]. The third-order valence-corrected chi connectivity index (χ3v) is 8.35. The fourth-order valence-corrected chi connectivity index (χ4v) is 5.72. The van der Waals surface area contributed by atoms with Crippen molar-refractivity contribution in [3.05, 3.63) is 10.4 Å². The lowest BCUT2D eigenvalue weighted by Gasteiger charge is -2.17. The van der Waals surface area contributed by atoms with Gasteiger partial charge in [0.25, 0.3) is 0 Å². The van der Waals surface area contributed by atoms with Crippen LogP contribution in [-0.2, 0) is 25.5 Å². The van der Waals surface area contributed by atoms with Crippen LogP contribution in [0.2, 0.25) is 0 Å². The first-order valence-corrected chi connectivity index (χ1v) is 17.1. The van der Waals surface area contributed by atoms with Crippen LogP contribution in [0.4, 0.5) is 15.4 Å². The van der Waals surface area contributed by atoms with Gasteiger partial charge >= 0.3 is 23.9 Å². The van der Waals surface area contributed by atoms with Gasteiger partial charge in [-0.15, -0.1) is 0 Å². The Morgan fingerprint density at radius 3 is 1.79 bits per heavy atom. The number of aryl methyl sites for hydroxylation is 1. The maximum absolute atomic E-state index is 12.7. The number of alkyl carbamates (subject to hydrolysis) is 1. The molecule has 0 saturated carbocycles. The largest absolute Gasteiger partial charge is 1.00 e. The van der Waals surface area contributed by atoms with Gasteiger partial charge < -0.3 is 31.9 Å². The van der Waals surface area contributed by atoms with Gasteiger partial charge in [0.15, 0.2) is 5.01 Å². The van der Waals surface area contributed by atoms with Crippen molar-refractivity contribution in [2.45, 2.75) is 143 Å². The number of ether oxygens (including phenoxy) is 3. The van der Waals surface area contributed by atoms with Crippen LogP contribution in [-0.4, -0.2) is 51.1 Å². The Labute approximate surface area is 270 Å². The summed E-state index contributed by atoms with van der Waals surface area (Å²) in [5.74, 6) is 0.0230. The lowest BCUT2D eigenvalue weighted by atomic mass is 10.0. The molecule has 9 nitrogen and oxygen atoms in total. The quantitative estimate of drug-likeness (QED) is 0.127. The molecular formula is C32H58ClN3O6S. The van der Waals surface area contributed by atoms with Crippen molar-refractivity contribution in [3.63, 3.8) is 0 Å². The molecule has 1 heterocycles. The van der Waals surface area contributed by atoms with Crippen LogP contribution >= 0.6 is 11.3 Å². The monoisotopic (exact) mass is 647 g/mol. The van der Waals surface area contributed by atoms with Crippen molar-refractivity contribution >= 4 is 35.2 Å². The van der Waals surface area contributed by atoms with Gasteiger partial charge in [0.1, 0.15) is 19.3 Å². The Bertz CT molecular complexity index is 885. The molecule has 1 rings (SSSR count). The Hall–Kier alpha value is -1.91. The molecule has 11 heteroatoms. The average Bonchev–Trinajstić information content (AvgIpc) is 3.33. The van der Waals surface area contributed by atoms with Crippen molar-refractivity contribution in [1.29, 1.82) is 0 Å². The predicted octanol–water partition coefficient (Wildman–Crippen LogP) is 4.86. The number of rotatable bonds is 24. The number of unbranched alkanes of at least 4 members (excludes halogenated alkanes) is 15. The third kappa shape index (κ3) is 18.5. The maximum Gasteiger partial charge on any atom is 0.515 e. The van der Waals surface area contributed by atoms with E-state index in [0.717, 1.165) is 22.7 Å². The predicted molar refractivity (Wildman–Crippen MR) is 169 cm³/mol. The first-order chi connectivity index (χ1) is 20.3. The number of hydrogen-bond acceptors (Lipinski definition) is 7. The zero-order valence-electron chi connectivity index (χ0n) is 27.4. The number of hydrogen-bond donors (Lipinski definition) is 1. The molecule has 1 aromatic heterocycles. The second-order valence-corrected chi connectivity index (χ2v) is 12.0. The lowest BCUT2D eigenvalue weighted by molar-refractivity contribution is -0.681. The first-order valence-electron chi connectivity index (χ1n) is 16.2. The number of thiazole rings is 1. The van der Waals surface area contributed by atoms with Crippen molar-refractivity contribution in [2.24, 2.45) is 0 Å². The Kier molecular flexibility index (Phi) is 25.3. The summed E-state index contributed by atoms with van der Waals surface area (Å²) in [5.41, 5.74) is 0. The highest BCUT2D eigenvalue weighted by Gasteiger charge is 2.35. The number of carbonyl (C=O) groups is 3. The first kappa shape index (κ1) is 41.1. The molecule has 1 N–H and O–H groups in total. The molecule has 0 fully saturated rings. The molecule has 0 aliphatic heterocycles. The van der Waals surface area contributed by atoms with Gasteiger partial charge in [0.05, 0.1) is 11.9 Å². The van der Waals surface area contributed by atoms with Gasteiger partial charge in [-0.1, -0.05) is 119 Å². The summed E-state index contributed by atoms with van der Waals surface area (Å²) >= 11 is 1.45. The molecule has 0 spiro atoms. The van der Waals surface area contributed by atoms with Gasteiger partial charge in [-0.25, -0.2) is 14.2 Å². The summed E-state index contributed by atoms with van der Waals surface area (Å²) in [6.07, 6.45) is 19.0. The molecule has 0 aromatic carbocycles. The van der Waals surface area contributed by atoms with E-state index in [4.69, 9.17) is 14.2 Å². The maximum atomic E-state index is 12.7. The molecule has 1 aromatic rings.